The van der Waals surface area contributed by atoms with Crippen molar-refractivity contribution in [2.75, 3.05) is 23.3 Å². The number of aryl methyl sites for hydroxylation is 1. The van der Waals surface area contributed by atoms with Crippen molar-refractivity contribution in [1.82, 2.24) is 0 Å². The molecule has 0 unspecified atom stereocenters. The molecule has 0 saturated heterocycles. The second kappa shape index (κ2) is 10.4. The molecule has 0 saturated carbocycles. The maximum atomic E-state index is 12.9. The van der Waals surface area contributed by atoms with E-state index >= 15 is 0 Å². The van der Waals surface area contributed by atoms with Gasteiger partial charge in [0, 0.05) is 5.69 Å². The van der Waals surface area contributed by atoms with E-state index in [4.69, 9.17) is 21.1 Å². The van der Waals surface area contributed by atoms with Gasteiger partial charge in [-0.1, -0.05) is 41.9 Å². The standard InChI is InChI=1S/C23H23ClN2O5S/c1-3-30-20-10-6-7-11-21(20)31-15-23(27)25-17-13-12-16(2)22(14-17)32(28,29)26-19-9-5-4-8-18(19)24/h4-14,26H,3,15H2,1-2H3,(H,25,27). The molecule has 3 aromatic rings. The molecule has 9 heteroatoms. The Hall–Kier alpha value is -3.23. The van der Waals surface area contributed by atoms with Crippen LogP contribution < -0.4 is 19.5 Å². The number of hydrogen-bond donors (Lipinski definition) is 2. The topological polar surface area (TPSA) is 93.7 Å². The first kappa shape index (κ1) is 23.4. The van der Waals surface area contributed by atoms with Crippen molar-refractivity contribution in [3.05, 3.63) is 77.3 Å². The summed E-state index contributed by atoms with van der Waals surface area (Å²) < 4.78 is 39.3. The van der Waals surface area contributed by atoms with Crippen LogP contribution in [0.25, 0.3) is 0 Å². The molecule has 0 atom stereocenters. The van der Waals surface area contributed by atoms with Gasteiger partial charge in [0.1, 0.15) is 0 Å². The number of sulfonamides is 1. The lowest BCUT2D eigenvalue weighted by atomic mass is 10.2. The SMILES string of the molecule is CCOc1ccccc1OCC(=O)Nc1ccc(C)c(S(=O)(=O)Nc2ccccc2Cl)c1. The number of rotatable bonds is 9. The van der Waals surface area contributed by atoms with E-state index in [1.807, 2.05) is 13.0 Å². The van der Waals surface area contributed by atoms with Gasteiger partial charge in [0.15, 0.2) is 18.1 Å². The van der Waals surface area contributed by atoms with E-state index in [0.29, 0.717) is 29.4 Å². The summed E-state index contributed by atoms with van der Waals surface area (Å²) in [5, 5.41) is 2.94. The molecule has 3 aromatic carbocycles. The molecule has 1 amide bonds. The minimum Gasteiger partial charge on any atom is -0.490 e. The number of carbonyl (C=O) groups excluding carboxylic acids is 1. The molecule has 32 heavy (non-hydrogen) atoms. The van der Waals surface area contributed by atoms with Crippen LogP contribution in [0.2, 0.25) is 5.02 Å². The van der Waals surface area contributed by atoms with Crippen molar-refractivity contribution >= 4 is 38.9 Å². The number of ether oxygens (including phenoxy) is 2. The van der Waals surface area contributed by atoms with E-state index in [9.17, 15) is 13.2 Å². The zero-order valence-corrected chi connectivity index (χ0v) is 19.2. The molecule has 7 nitrogen and oxygen atoms in total. The van der Waals surface area contributed by atoms with Crippen LogP contribution in [0.5, 0.6) is 11.5 Å². The van der Waals surface area contributed by atoms with Crippen molar-refractivity contribution in [3.8, 4) is 11.5 Å². The quantitative estimate of drug-likeness (QED) is 0.461. The summed E-state index contributed by atoms with van der Waals surface area (Å²) in [5.74, 6) is 0.542. The highest BCUT2D eigenvalue weighted by Crippen LogP contribution is 2.28. The minimum atomic E-state index is -3.93. The van der Waals surface area contributed by atoms with Crippen LogP contribution in [0.3, 0.4) is 0 Å². The van der Waals surface area contributed by atoms with E-state index < -0.39 is 15.9 Å². The zero-order chi connectivity index (χ0) is 23.1. The van der Waals surface area contributed by atoms with E-state index in [0.717, 1.165) is 0 Å². The molecule has 0 radical (unpaired) electrons. The molecule has 0 bridgehead atoms. The fourth-order valence-corrected chi connectivity index (χ4v) is 4.49. The number of para-hydroxylation sites is 3. The number of carbonyl (C=O) groups is 1. The Labute approximate surface area is 192 Å². The van der Waals surface area contributed by atoms with Gasteiger partial charge in [0.2, 0.25) is 0 Å². The van der Waals surface area contributed by atoms with Crippen molar-refractivity contribution in [1.29, 1.82) is 0 Å². The molecule has 3 rings (SSSR count). The second-order valence-electron chi connectivity index (χ2n) is 6.78. The number of benzene rings is 3. The monoisotopic (exact) mass is 474 g/mol. The van der Waals surface area contributed by atoms with E-state index in [-0.39, 0.29) is 22.2 Å². The molecule has 0 aliphatic heterocycles. The lowest BCUT2D eigenvalue weighted by Gasteiger charge is -2.14. The molecule has 0 heterocycles. The molecule has 0 fully saturated rings. The van der Waals surface area contributed by atoms with Crippen LogP contribution in [0.1, 0.15) is 12.5 Å². The Kier molecular flexibility index (Phi) is 7.61. The Bertz CT molecular complexity index is 1210. The van der Waals surface area contributed by atoms with Crippen molar-refractivity contribution in [3.63, 3.8) is 0 Å². The van der Waals surface area contributed by atoms with Crippen LogP contribution in [-0.2, 0) is 14.8 Å². The molecular formula is C23H23ClN2O5S. The third-order valence-electron chi connectivity index (χ3n) is 4.39. The van der Waals surface area contributed by atoms with Crippen molar-refractivity contribution in [2.24, 2.45) is 0 Å². The highest BCUT2D eigenvalue weighted by atomic mass is 35.5. The molecule has 0 aromatic heterocycles. The smallest absolute Gasteiger partial charge is 0.262 e. The molecular weight excluding hydrogens is 452 g/mol. The van der Waals surface area contributed by atoms with Crippen LogP contribution in [-0.4, -0.2) is 27.5 Å². The third kappa shape index (κ3) is 5.93. The van der Waals surface area contributed by atoms with Crippen LogP contribution in [0.4, 0.5) is 11.4 Å². The van der Waals surface area contributed by atoms with Gasteiger partial charge in [0.25, 0.3) is 15.9 Å². The van der Waals surface area contributed by atoms with Crippen LogP contribution in [0.15, 0.2) is 71.6 Å². The molecule has 0 aliphatic rings. The fraction of sp³-hybridized carbons (Fsp3) is 0.174. The number of halogens is 1. The third-order valence-corrected chi connectivity index (χ3v) is 6.22. The Morgan fingerprint density at radius 1 is 0.969 bits per heavy atom. The Balaban J connectivity index is 1.71. The summed E-state index contributed by atoms with van der Waals surface area (Å²) in [7, 11) is -3.93. The molecule has 168 valence electrons. The van der Waals surface area contributed by atoms with Gasteiger partial charge in [-0.25, -0.2) is 8.42 Å². The average molecular weight is 475 g/mol. The van der Waals surface area contributed by atoms with Gasteiger partial charge in [0.05, 0.1) is 22.2 Å². The normalized spacial score (nSPS) is 11.0. The van der Waals surface area contributed by atoms with Crippen molar-refractivity contribution < 1.29 is 22.7 Å². The minimum absolute atomic E-state index is 0.0258. The van der Waals surface area contributed by atoms with E-state index in [2.05, 4.69) is 10.0 Å². The summed E-state index contributed by atoms with van der Waals surface area (Å²) in [4.78, 5) is 12.4. The lowest BCUT2D eigenvalue weighted by Crippen LogP contribution is -2.21. The van der Waals surface area contributed by atoms with E-state index in [1.165, 1.54) is 6.07 Å². The summed E-state index contributed by atoms with van der Waals surface area (Å²) in [6.07, 6.45) is 0. The highest BCUT2D eigenvalue weighted by molar-refractivity contribution is 7.92. The first-order chi connectivity index (χ1) is 15.3. The van der Waals surface area contributed by atoms with Gasteiger partial charge in [-0.15, -0.1) is 0 Å². The zero-order valence-electron chi connectivity index (χ0n) is 17.6. The fourth-order valence-electron chi connectivity index (χ4n) is 2.90. The van der Waals surface area contributed by atoms with Gasteiger partial charge >= 0.3 is 0 Å². The maximum absolute atomic E-state index is 12.9. The largest absolute Gasteiger partial charge is 0.490 e. The highest BCUT2D eigenvalue weighted by Gasteiger charge is 2.19. The van der Waals surface area contributed by atoms with Crippen LogP contribution >= 0.6 is 11.6 Å². The number of amides is 1. The number of hydrogen-bond acceptors (Lipinski definition) is 5. The van der Waals surface area contributed by atoms with E-state index in [1.54, 1.807) is 61.5 Å². The first-order valence-electron chi connectivity index (χ1n) is 9.82. The number of anilines is 2. The van der Waals surface area contributed by atoms with Gasteiger partial charge in [-0.3, -0.25) is 9.52 Å². The van der Waals surface area contributed by atoms with Crippen molar-refractivity contribution in [2.45, 2.75) is 18.7 Å². The molecule has 0 aliphatic carbocycles. The van der Waals surface area contributed by atoms with Gasteiger partial charge < -0.3 is 14.8 Å². The lowest BCUT2D eigenvalue weighted by molar-refractivity contribution is -0.118. The summed E-state index contributed by atoms with van der Waals surface area (Å²) in [6, 6.07) is 18.2. The summed E-state index contributed by atoms with van der Waals surface area (Å²) in [6.45, 7) is 3.72. The Morgan fingerprint density at radius 2 is 1.62 bits per heavy atom. The molecule has 0 spiro atoms. The second-order valence-corrected chi connectivity index (χ2v) is 8.84. The summed E-state index contributed by atoms with van der Waals surface area (Å²) in [5.41, 5.74) is 1.11. The molecule has 2 N–H and O–H groups in total. The van der Waals surface area contributed by atoms with Gasteiger partial charge in [-0.05, 0) is 55.8 Å². The maximum Gasteiger partial charge on any atom is 0.262 e. The first-order valence-corrected chi connectivity index (χ1v) is 11.7. The predicted molar refractivity (Wildman–Crippen MR) is 125 cm³/mol. The number of nitrogens with one attached hydrogen (secondary N) is 2. The summed E-state index contributed by atoms with van der Waals surface area (Å²) >= 11 is 6.07. The Morgan fingerprint density at radius 3 is 2.31 bits per heavy atom. The average Bonchev–Trinajstić information content (AvgIpc) is 2.76. The predicted octanol–water partition coefficient (Wildman–Crippen LogP) is 4.87. The van der Waals surface area contributed by atoms with Gasteiger partial charge in [-0.2, -0.15) is 0 Å². The van der Waals surface area contributed by atoms with Crippen LogP contribution in [0, 0.1) is 6.92 Å².